The Hall–Kier alpha value is -2.55. The number of piperazine rings is 1. The monoisotopic (exact) mass is 382 g/mol. The van der Waals surface area contributed by atoms with Crippen LogP contribution < -0.4 is 10.2 Å². The Morgan fingerprint density at radius 1 is 1.30 bits per heavy atom. The highest BCUT2D eigenvalue weighted by atomic mass is 35.5. The summed E-state index contributed by atoms with van der Waals surface area (Å²) >= 11 is 5.98. The standard InChI is InChI=1S/C21H23ClN4O/c1-15-4-3-5-19(10-15)26-9-8-25(13-16(26)2)14-21(27)24-20-11-18(22)7-6-17(20)12-23/h3-7,10-11,16H,8-9,13-14H2,1-2H3,(H,24,27)/t16-/m1/s1. The number of rotatable bonds is 4. The van der Waals surface area contributed by atoms with Gasteiger partial charge in [0.25, 0.3) is 0 Å². The maximum atomic E-state index is 12.4. The van der Waals surface area contributed by atoms with E-state index in [0.717, 1.165) is 19.6 Å². The molecule has 140 valence electrons. The van der Waals surface area contributed by atoms with Gasteiger partial charge in [-0.3, -0.25) is 9.69 Å². The smallest absolute Gasteiger partial charge is 0.238 e. The first-order valence-corrected chi connectivity index (χ1v) is 9.39. The molecule has 1 heterocycles. The summed E-state index contributed by atoms with van der Waals surface area (Å²) in [6.07, 6.45) is 0. The largest absolute Gasteiger partial charge is 0.366 e. The zero-order chi connectivity index (χ0) is 19.4. The Balaban J connectivity index is 1.59. The van der Waals surface area contributed by atoms with E-state index in [0.29, 0.717) is 28.9 Å². The third-order valence-electron chi connectivity index (χ3n) is 4.79. The van der Waals surface area contributed by atoms with Gasteiger partial charge in [0.15, 0.2) is 0 Å². The molecule has 1 N–H and O–H groups in total. The van der Waals surface area contributed by atoms with E-state index in [4.69, 9.17) is 11.6 Å². The number of anilines is 2. The number of amides is 1. The zero-order valence-corrected chi connectivity index (χ0v) is 16.3. The van der Waals surface area contributed by atoms with Gasteiger partial charge >= 0.3 is 0 Å². The minimum atomic E-state index is -0.134. The lowest BCUT2D eigenvalue weighted by Crippen LogP contribution is -2.53. The first-order valence-electron chi connectivity index (χ1n) is 9.01. The molecule has 5 nitrogen and oxygen atoms in total. The summed E-state index contributed by atoms with van der Waals surface area (Å²) in [4.78, 5) is 17.0. The molecule has 0 aromatic heterocycles. The first-order chi connectivity index (χ1) is 13.0. The number of nitrogens with zero attached hydrogens (tertiary/aromatic N) is 3. The average Bonchev–Trinajstić information content (AvgIpc) is 2.62. The second kappa shape index (κ2) is 8.43. The van der Waals surface area contributed by atoms with E-state index in [1.54, 1.807) is 18.2 Å². The summed E-state index contributed by atoms with van der Waals surface area (Å²) in [5.41, 5.74) is 3.34. The van der Waals surface area contributed by atoms with Crippen LogP contribution in [0.4, 0.5) is 11.4 Å². The predicted molar refractivity (Wildman–Crippen MR) is 109 cm³/mol. The van der Waals surface area contributed by atoms with E-state index < -0.39 is 0 Å². The minimum Gasteiger partial charge on any atom is -0.366 e. The third-order valence-corrected chi connectivity index (χ3v) is 5.02. The van der Waals surface area contributed by atoms with Gasteiger partial charge in [0.05, 0.1) is 17.8 Å². The topological polar surface area (TPSA) is 59.4 Å². The summed E-state index contributed by atoms with van der Waals surface area (Å²) < 4.78 is 0. The fourth-order valence-corrected chi connectivity index (χ4v) is 3.65. The van der Waals surface area contributed by atoms with E-state index in [1.807, 2.05) is 0 Å². The Morgan fingerprint density at radius 2 is 2.11 bits per heavy atom. The SMILES string of the molecule is Cc1cccc(N2CCN(CC(=O)Nc3cc(Cl)ccc3C#N)C[C@H]2C)c1. The fraction of sp³-hybridized carbons (Fsp3) is 0.333. The van der Waals surface area contributed by atoms with E-state index in [1.165, 1.54) is 11.3 Å². The molecule has 1 aliphatic heterocycles. The zero-order valence-electron chi connectivity index (χ0n) is 15.6. The number of hydrogen-bond donors (Lipinski definition) is 1. The molecule has 2 aromatic rings. The highest BCUT2D eigenvalue weighted by Gasteiger charge is 2.25. The van der Waals surface area contributed by atoms with Crippen molar-refractivity contribution in [1.82, 2.24) is 4.90 Å². The molecule has 27 heavy (non-hydrogen) atoms. The molecule has 0 bridgehead atoms. The van der Waals surface area contributed by atoms with E-state index in [2.05, 4.69) is 59.3 Å². The average molecular weight is 383 g/mol. The summed E-state index contributed by atoms with van der Waals surface area (Å²) in [6, 6.07) is 15.8. The number of benzene rings is 2. The van der Waals surface area contributed by atoms with Crippen molar-refractivity contribution in [3.8, 4) is 6.07 Å². The normalized spacial score (nSPS) is 17.4. The Morgan fingerprint density at radius 3 is 2.81 bits per heavy atom. The van der Waals surface area contributed by atoms with Gasteiger partial charge in [-0.1, -0.05) is 23.7 Å². The Kier molecular flexibility index (Phi) is 6.00. The number of carbonyl (C=O) groups excluding carboxylic acids is 1. The summed E-state index contributed by atoms with van der Waals surface area (Å²) in [7, 11) is 0. The molecule has 6 heteroatoms. The predicted octanol–water partition coefficient (Wildman–Crippen LogP) is 3.67. The van der Waals surface area contributed by atoms with Crippen LogP contribution in [0.1, 0.15) is 18.1 Å². The van der Waals surface area contributed by atoms with Gasteiger partial charge in [-0.05, 0) is 49.7 Å². The number of nitriles is 1. The van der Waals surface area contributed by atoms with Crippen molar-refractivity contribution in [3.05, 3.63) is 58.6 Å². The van der Waals surface area contributed by atoms with Crippen molar-refractivity contribution in [3.63, 3.8) is 0 Å². The van der Waals surface area contributed by atoms with Crippen molar-refractivity contribution in [2.75, 3.05) is 36.4 Å². The lowest BCUT2D eigenvalue weighted by Gasteiger charge is -2.41. The van der Waals surface area contributed by atoms with Crippen LogP contribution in [0, 0.1) is 18.3 Å². The van der Waals surface area contributed by atoms with Crippen LogP contribution in [0.15, 0.2) is 42.5 Å². The number of aryl methyl sites for hydroxylation is 1. The van der Waals surface area contributed by atoms with Crippen LogP contribution in [-0.4, -0.2) is 43.0 Å². The molecule has 1 fully saturated rings. The van der Waals surface area contributed by atoms with Crippen LogP contribution >= 0.6 is 11.6 Å². The molecule has 3 rings (SSSR count). The van der Waals surface area contributed by atoms with Gasteiger partial charge in [0.2, 0.25) is 5.91 Å². The number of halogens is 1. The van der Waals surface area contributed by atoms with Gasteiger partial charge < -0.3 is 10.2 Å². The summed E-state index contributed by atoms with van der Waals surface area (Å²) in [5, 5.41) is 12.5. The lowest BCUT2D eigenvalue weighted by atomic mass is 10.1. The van der Waals surface area contributed by atoms with Gasteiger partial charge in [0.1, 0.15) is 6.07 Å². The molecule has 0 unspecified atom stereocenters. The van der Waals surface area contributed by atoms with Crippen LogP contribution in [0.25, 0.3) is 0 Å². The van der Waals surface area contributed by atoms with Crippen LogP contribution in [-0.2, 0) is 4.79 Å². The van der Waals surface area contributed by atoms with E-state index >= 15 is 0 Å². The molecular formula is C21H23ClN4O. The van der Waals surface area contributed by atoms with Crippen molar-refractivity contribution in [2.45, 2.75) is 19.9 Å². The molecule has 1 amide bonds. The Labute approximate surface area is 165 Å². The maximum absolute atomic E-state index is 12.4. The van der Waals surface area contributed by atoms with Crippen molar-refractivity contribution in [1.29, 1.82) is 5.26 Å². The molecule has 1 atom stereocenters. The second-order valence-electron chi connectivity index (χ2n) is 6.97. The Bertz CT molecular complexity index is 877. The summed E-state index contributed by atoms with van der Waals surface area (Å²) in [6.45, 7) is 7.06. The molecule has 0 radical (unpaired) electrons. The molecule has 1 saturated heterocycles. The number of hydrogen-bond acceptors (Lipinski definition) is 4. The van der Waals surface area contributed by atoms with Crippen molar-refractivity contribution in [2.24, 2.45) is 0 Å². The maximum Gasteiger partial charge on any atom is 0.238 e. The van der Waals surface area contributed by atoms with Gasteiger partial charge in [-0.25, -0.2) is 0 Å². The molecule has 0 saturated carbocycles. The van der Waals surface area contributed by atoms with E-state index in [-0.39, 0.29) is 5.91 Å². The molecule has 0 spiro atoms. The molecular weight excluding hydrogens is 360 g/mol. The van der Waals surface area contributed by atoms with E-state index in [9.17, 15) is 10.1 Å². The first kappa shape index (κ1) is 19.2. The van der Waals surface area contributed by atoms with Gasteiger partial charge in [0, 0.05) is 36.4 Å². The highest BCUT2D eigenvalue weighted by molar-refractivity contribution is 6.31. The van der Waals surface area contributed by atoms with Crippen molar-refractivity contribution >= 4 is 28.9 Å². The molecule has 1 aliphatic rings. The minimum absolute atomic E-state index is 0.134. The second-order valence-corrected chi connectivity index (χ2v) is 7.40. The summed E-state index contributed by atoms with van der Waals surface area (Å²) in [5.74, 6) is -0.134. The van der Waals surface area contributed by atoms with Crippen LogP contribution in [0.5, 0.6) is 0 Å². The lowest BCUT2D eigenvalue weighted by molar-refractivity contribution is -0.117. The number of carbonyl (C=O) groups is 1. The number of nitrogens with one attached hydrogen (secondary N) is 1. The molecule has 0 aliphatic carbocycles. The quantitative estimate of drug-likeness (QED) is 0.876. The van der Waals surface area contributed by atoms with Crippen LogP contribution in [0.2, 0.25) is 5.02 Å². The van der Waals surface area contributed by atoms with Crippen LogP contribution in [0.3, 0.4) is 0 Å². The van der Waals surface area contributed by atoms with Gasteiger partial charge in [-0.2, -0.15) is 5.26 Å². The van der Waals surface area contributed by atoms with Gasteiger partial charge in [-0.15, -0.1) is 0 Å². The molecule has 2 aromatic carbocycles. The third kappa shape index (κ3) is 4.79. The highest BCUT2D eigenvalue weighted by Crippen LogP contribution is 2.22. The fourth-order valence-electron chi connectivity index (χ4n) is 3.48. The van der Waals surface area contributed by atoms with Crippen molar-refractivity contribution < 1.29 is 4.79 Å².